The Kier molecular flexibility index (Phi) is 3.34. The molecule has 0 amide bonds. The minimum absolute atomic E-state index is 0.113. The minimum Gasteiger partial charge on any atom is -0.348 e. The van der Waals surface area contributed by atoms with Crippen molar-refractivity contribution in [3.63, 3.8) is 0 Å². The third-order valence-corrected chi connectivity index (χ3v) is 3.14. The molecule has 3 aromatic heterocycles. The van der Waals surface area contributed by atoms with E-state index in [4.69, 9.17) is 11.6 Å². The van der Waals surface area contributed by atoms with Gasteiger partial charge in [-0.25, -0.2) is 9.67 Å². The van der Waals surface area contributed by atoms with Crippen LogP contribution in [0.2, 0.25) is 5.28 Å². The lowest BCUT2D eigenvalue weighted by molar-refractivity contribution is 0.794. The third kappa shape index (κ3) is 2.85. The lowest BCUT2D eigenvalue weighted by atomic mass is 10.6. The van der Waals surface area contributed by atoms with Crippen LogP contribution in [-0.4, -0.2) is 29.7 Å². The molecule has 9 heteroatoms. The molecule has 3 heterocycles. The van der Waals surface area contributed by atoms with E-state index >= 15 is 0 Å². The standard InChI is InChI=1S/C10H8ClN7S/c11-8-15-9(13-6-7-12-3-5-19-7)17-10(16-8)18-4-1-2-14-18/h1-5H,6H2,(H,13,15,16,17). The van der Waals surface area contributed by atoms with E-state index in [1.54, 1.807) is 36.0 Å². The highest BCUT2D eigenvalue weighted by Gasteiger charge is 2.07. The van der Waals surface area contributed by atoms with E-state index in [1.807, 2.05) is 5.38 Å². The zero-order chi connectivity index (χ0) is 13.1. The first-order valence-corrected chi connectivity index (χ1v) is 6.61. The number of anilines is 1. The second-order valence-corrected chi connectivity index (χ2v) is 4.78. The molecule has 0 unspecified atom stereocenters. The van der Waals surface area contributed by atoms with Gasteiger partial charge in [-0.1, -0.05) is 0 Å². The van der Waals surface area contributed by atoms with Gasteiger partial charge in [0.2, 0.25) is 11.2 Å². The molecular weight excluding hydrogens is 286 g/mol. The molecule has 0 atom stereocenters. The Labute approximate surface area is 117 Å². The molecule has 0 spiro atoms. The van der Waals surface area contributed by atoms with Crippen LogP contribution in [0.3, 0.4) is 0 Å². The van der Waals surface area contributed by atoms with Gasteiger partial charge < -0.3 is 5.32 Å². The lowest BCUT2D eigenvalue weighted by Crippen LogP contribution is -2.09. The topological polar surface area (TPSA) is 81.4 Å². The van der Waals surface area contributed by atoms with E-state index in [9.17, 15) is 0 Å². The Hall–Kier alpha value is -2.06. The average Bonchev–Trinajstić information content (AvgIpc) is 3.09. The fourth-order valence-electron chi connectivity index (χ4n) is 1.40. The maximum atomic E-state index is 5.87. The molecule has 0 radical (unpaired) electrons. The number of hydrogen-bond donors (Lipinski definition) is 1. The van der Waals surface area contributed by atoms with Gasteiger partial charge in [0, 0.05) is 24.0 Å². The highest BCUT2D eigenvalue weighted by atomic mass is 35.5. The smallest absolute Gasteiger partial charge is 0.256 e. The number of hydrogen-bond acceptors (Lipinski definition) is 7. The molecule has 0 aliphatic carbocycles. The molecule has 1 N–H and O–H groups in total. The molecule has 19 heavy (non-hydrogen) atoms. The van der Waals surface area contributed by atoms with Crippen molar-refractivity contribution in [1.82, 2.24) is 29.7 Å². The lowest BCUT2D eigenvalue weighted by Gasteiger charge is -2.05. The average molecular weight is 294 g/mol. The maximum Gasteiger partial charge on any atom is 0.256 e. The van der Waals surface area contributed by atoms with Crippen molar-refractivity contribution in [2.45, 2.75) is 6.54 Å². The largest absolute Gasteiger partial charge is 0.348 e. The summed E-state index contributed by atoms with van der Waals surface area (Å²) in [4.78, 5) is 16.4. The molecule has 96 valence electrons. The molecule has 0 aliphatic rings. The Morgan fingerprint density at radius 3 is 2.95 bits per heavy atom. The normalized spacial score (nSPS) is 10.6. The van der Waals surface area contributed by atoms with Gasteiger partial charge in [0.05, 0.1) is 6.54 Å². The van der Waals surface area contributed by atoms with E-state index in [2.05, 4.69) is 30.4 Å². The van der Waals surface area contributed by atoms with Crippen LogP contribution in [0.25, 0.3) is 5.95 Å². The molecule has 0 aromatic carbocycles. The van der Waals surface area contributed by atoms with Crippen molar-refractivity contribution in [3.05, 3.63) is 40.3 Å². The van der Waals surface area contributed by atoms with Crippen molar-refractivity contribution in [3.8, 4) is 5.95 Å². The molecular formula is C10H8ClN7S. The third-order valence-electron chi connectivity index (χ3n) is 2.19. The second-order valence-electron chi connectivity index (χ2n) is 3.46. The highest BCUT2D eigenvalue weighted by Crippen LogP contribution is 2.11. The van der Waals surface area contributed by atoms with Crippen LogP contribution in [0.15, 0.2) is 30.0 Å². The zero-order valence-corrected chi connectivity index (χ0v) is 11.1. The molecule has 0 saturated heterocycles. The van der Waals surface area contributed by atoms with Crippen LogP contribution in [0, 0.1) is 0 Å². The van der Waals surface area contributed by atoms with E-state index in [-0.39, 0.29) is 5.28 Å². The summed E-state index contributed by atoms with van der Waals surface area (Å²) in [5, 5.41) is 10.1. The summed E-state index contributed by atoms with van der Waals surface area (Å²) in [7, 11) is 0. The fraction of sp³-hybridized carbons (Fsp3) is 0.100. The quantitative estimate of drug-likeness (QED) is 0.789. The summed E-state index contributed by atoms with van der Waals surface area (Å²) in [5.74, 6) is 0.757. The van der Waals surface area contributed by atoms with Crippen LogP contribution in [0.1, 0.15) is 5.01 Å². The zero-order valence-electron chi connectivity index (χ0n) is 9.56. The Morgan fingerprint density at radius 2 is 2.21 bits per heavy atom. The molecule has 7 nitrogen and oxygen atoms in total. The number of thiazole rings is 1. The fourth-order valence-corrected chi connectivity index (χ4v) is 2.11. The van der Waals surface area contributed by atoms with Gasteiger partial charge in [0.15, 0.2) is 0 Å². The van der Waals surface area contributed by atoms with Gasteiger partial charge in [0.1, 0.15) is 5.01 Å². The van der Waals surface area contributed by atoms with Gasteiger partial charge in [-0.15, -0.1) is 11.3 Å². The Morgan fingerprint density at radius 1 is 1.26 bits per heavy atom. The molecule has 3 aromatic rings. The van der Waals surface area contributed by atoms with E-state index < -0.39 is 0 Å². The van der Waals surface area contributed by atoms with Gasteiger partial charge in [-0.2, -0.15) is 20.1 Å². The van der Waals surface area contributed by atoms with Crippen LogP contribution in [0.5, 0.6) is 0 Å². The van der Waals surface area contributed by atoms with E-state index in [0.717, 1.165) is 5.01 Å². The van der Waals surface area contributed by atoms with Crippen LogP contribution < -0.4 is 5.32 Å². The van der Waals surface area contributed by atoms with Gasteiger partial charge >= 0.3 is 0 Å². The predicted octanol–water partition coefficient (Wildman–Crippen LogP) is 1.78. The maximum absolute atomic E-state index is 5.87. The predicted molar refractivity (Wildman–Crippen MR) is 71.4 cm³/mol. The number of rotatable bonds is 4. The Balaban J connectivity index is 1.82. The first-order valence-electron chi connectivity index (χ1n) is 5.35. The van der Waals surface area contributed by atoms with Crippen molar-refractivity contribution in [1.29, 1.82) is 0 Å². The number of nitrogens with one attached hydrogen (secondary N) is 1. The number of halogens is 1. The summed E-state index contributed by atoms with van der Waals surface area (Å²) >= 11 is 7.42. The van der Waals surface area contributed by atoms with Crippen molar-refractivity contribution in [2.75, 3.05) is 5.32 Å². The molecule has 0 saturated carbocycles. The first kappa shape index (κ1) is 12.0. The van der Waals surface area contributed by atoms with Crippen LogP contribution in [0.4, 0.5) is 5.95 Å². The summed E-state index contributed by atoms with van der Waals surface area (Å²) < 4.78 is 1.52. The Bertz CT molecular complexity index is 653. The molecule has 0 aliphatic heterocycles. The number of nitrogens with zero attached hydrogens (tertiary/aromatic N) is 6. The summed E-state index contributed by atoms with van der Waals surface area (Å²) in [6.07, 6.45) is 5.12. The molecule has 0 fully saturated rings. The van der Waals surface area contributed by atoms with Crippen LogP contribution >= 0.6 is 22.9 Å². The van der Waals surface area contributed by atoms with E-state index in [0.29, 0.717) is 18.4 Å². The summed E-state index contributed by atoms with van der Waals surface area (Å²) in [5.41, 5.74) is 0. The first-order chi connectivity index (χ1) is 9.31. The summed E-state index contributed by atoms with van der Waals surface area (Å²) in [6.45, 7) is 0.538. The molecule has 0 bridgehead atoms. The minimum atomic E-state index is 0.113. The van der Waals surface area contributed by atoms with Crippen molar-refractivity contribution in [2.24, 2.45) is 0 Å². The SMILES string of the molecule is Clc1nc(NCc2nccs2)nc(-n2cccn2)n1. The highest BCUT2D eigenvalue weighted by molar-refractivity contribution is 7.09. The van der Waals surface area contributed by atoms with Gasteiger partial charge in [0.25, 0.3) is 5.95 Å². The molecule has 3 rings (SSSR count). The monoisotopic (exact) mass is 293 g/mol. The van der Waals surface area contributed by atoms with Crippen LogP contribution in [-0.2, 0) is 6.54 Å². The summed E-state index contributed by atoms with van der Waals surface area (Å²) in [6, 6.07) is 1.78. The van der Waals surface area contributed by atoms with Gasteiger partial charge in [-0.05, 0) is 17.7 Å². The second kappa shape index (κ2) is 5.29. The van der Waals surface area contributed by atoms with Crippen molar-refractivity contribution >= 4 is 28.9 Å². The van der Waals surface area contributed by atoms with E-state index in [1.165, 1.54) is 4.68 Å². The van der Waals surface area contributed by atoms with Crippen molar-refractivity contribution < 1.29 is 0 Å². The van der Waals surface area contributed by atoms with Gasteiger partial charge in [-0.3, -0.25) is 0 Å². The number of aromatic nitrogens is 6.